The highest BCUT2D eigenvalue weighted by atomic mass is 16.5. The minimum absolute atomic E-state index is 0.140. The van der Waals surface area contributed by atoms with Crippen molar-refractivity contribution < 1.29 is 9.84 Å². The van der Waals surface area contributed by atoms with Crippen molar-refractivity contribution in [1.29, 1.82) is 0 Å². The van der Waals surface area contributed by atoms with Crippen LogP contribution in [0.2, 0.25) is 0 Å². The normalized spacial score (nSPS) is 23.3. The Morgan fingerprint density at radius 1 is 1.36 bits per heavy atom. The first kappa shape index (κ1) is 11.5. The Morgan fingerprint density at radius 2 is 1.93 bits per heavy atom. The Morgan fingerprint density at radius 3 is 2.29 bits per heavy atom. The standard InChI is InChI=1S/C11H21NO2/c1-10(2,3)8-7-14-9(12-8)6-11(4,5)13/h8,13H,6-7H2,1-5H3/t8-/m1/s1. The molecule has 1 atom stereocenters. The molecule has 14 heavy (non-hydrogen) atoms. The van der Waals surface area contributed by atoms with Gasteiger partial charge in [0.1, 0.15) is 6.61 Å². The first-order chi connectivity index (χ1) is 6.18. The van der Waals surface area contributed by atoms with Crippen LogP contribution in [0.5, 0.6) is 0 Å². The summed E-state index contributed by atoms with van der Waals surface area (Å²) in [5.41, 5.74) is -0.590. The maximum Gasteiger partial charge on any atom is 0.186 e. The van der Waals surface area contributed by atoms with Crippen LogP contribution in [0.1, 0.15) is 41.0 Å². The molecule has 0 aromatic rings. The summed E-state index contributed by atoms with van der Waals surface area (Å²) in [5.74, 6) is 0.692. The van der Waals surface area contributed by atoms with E-state index in [0.717, 1.165) is 0 Å². The van der Waals surface area contributed by atoms with Gasteiger partial charge in [0.05, 0.1) is 18.1 Å². The third-order valence-electron chi connectivity index (χ3n) is 2.29. The number of hydrogen-bond donors (Lipinski definition) is 1. The predicted octanol–water partition coefficient (Wildman–Crippen LogP) is 1.99. The summed E-state index contributed by atoms with van der Waals surface area (Å²) >= 11 is 0. The lowest BCUT2D eigenvalue weighted by Gasteiger charge is -2.22. The molecule has 0 saturated heterocycles. The fourth-order valence-electron chi connectivity index (χ4n) is 1.33. The number of hydrogen-bond acceptors (Lipinski definition) is 3. The second kappa shape index (κ2) is 3.54. The van der Waals surface area contributed by atoms with Gasteiger partial charge in [0.25, 0.3) is 0 Å². The monoisotopic (exact) mass is 199 g/mol. The summed E-state index contributed by atoms with van der Waals surface area (Å²) in [6, 6.07) is 0.222. The van der Waals surface area contributed by atoms with Crippen LogP contribution in [-0.4, -0.2) is 29.3 Å². The molecule has 0 spiro atoms. The molecule has 0 unspecified atom stereocenters. The Hall–Kier alpha value is -0.570. The number of nitrogens with zero attached hydrogens (tertiary/aromatic N) is 1. The van der Waals surface area contributed by atoms with Crippen LogP contribution in [0.25, 0.3) is 0 Å². The van der Waals surface area contributed by atoms with Crippen molar-refractivity contribution in [3.8, 4) is 0 Å². The smallest absolute Gasteiger partial charge is 0.186 e. The van der Waals surface area contributed by atoms with Gasteiger partial charge in [-0.2, -0.15) is 0 Å². The lowest BCUT2D eigenvalue weighted by Crippen LogP contribution is -2.25. The van der Waals surface area contributed by atoms with Gasteiger partial charge >= 0.3 is 0 Å². The van der Waals surface area contributed by atoms with Gasteiger partial charge in [-0.15, -0.1) is 0 Å². The zero-order valence-corrected chi connectivity index (χ0v) is 9.79. The lowest BCUT2D eigenvalue weighted by atomic mass is 9.88. The minimum Gasteiger partial charge on any atom is -0.479 e. The molecule has 1 aliphatic rings. The van der Waals surface area contributed by atoms with E-state index in [1.807, 2.05) is 0 Å². The van der Waals surface area contributed by atoms with Gasteiger partial charge in [-0.25, -0.2) is 4.99 Å². The molecule has 0 saturated carbocycles. The fourth-order valence-corrected chi connectivity index (χ4v) is 1.33. The van der Waals surface area contributed by atoms with Gasteiger partial charge in [0, 0.05) is 0 Å². The molecule has 3 heteroatoms. The maximum absolute atomic E-state index is 9.61. The van der Waals surface area contributed by atoms with Crippen LogP contribution < -0.4 is 0 Å². The SMILES string of the molecule is CC(C)(O)CC1=N[C@@H](C(C)(C)C)CO1. The summed E-state index contributed by atoms with van der Waals surface area (Å²) < 4.78 is 5.46. The van der Waals surface area contributed by atoms with Crippen LogP contribution in [-0.2, 0) is 4.74 Å². The van der Waals surface area contributed by atoms with E-state index in [9.17, 15) is 5.11 Å². The molecule has 0 fully saturated rings. The molecule has 0 bridgehead atoms. The molecule has 0 amide bonds. The van der Waals surface area contributed by atoms with E-state index < -0.39 is 5.60 Å². The first-order valence-corrected chi connectivity index (χ1v) is 5.10. The number of aliphatic hydroxyl groups is 1. The van der Waals surface area contributed by atoms with E-state index in [0.29, 0.717) is 18.9 Å². The molecule has 82 valence electrons. The molecule has 3 nitrogen and oxygen atoms in total. The molecule has 0 aromatic heterocycles. The third-order valence-corrected chi connectivity index (χ3v) is 2.29. The van der Waals surface area contributed by atoms with E-state index in [1.54, 1.807) is 13.8 Å². The van der Waals surface area contributed by atoms with E-state index in [-0.39, 0.29) is 11.5 Å². The quantitative estimate of drug-likeness (QED) is 0.739. The Bertz CT molecular complexity index is 233. The van der Waals surface area contributed by atoms with Crippen molar-refractivity contribution in [3.05, 3.63) is 0 Å². The van der Waals surface area contributed by atoms with Crippen molar-refractivity contribution in [2.45, 2.75) is 52.7 Å². The van der Waals surface area contributed by atoms with Crippen molar-refractivity contribution in [2.24, 2.45) is 10.4 Å². The fraction of sp³-hybridized carbons (Fsp3) is 0.909. The minimum atomic E-state index is -0.731. The highest BCUT2D eigenvalue weighted by Crippen LogP contribution is 2.27. The number of rotatable bonds is 2. The van der Waals surface area contributed by atoms with Crippen molar-refractivity contribution in [3.63, 3.8) is 0 Å². The lowest BCUT2D eigenvalue weighted by molar-refractivity contribution is 0.0823. The average Bonchev–Trinajstić information content (AvgIpc) is 2.29. The first-order valence-electron chi connectivity index (χ1n) is 5.10. The summed E-state index contributed by atoms with van der Waals surface area (Å²) in [4.78, 5) is 4.48. The van der Waals surface area contributed by atoms with Crippen molar-refractivity contribution in [1.82, 2.24) is 0 Å². The van der Waals surface area contributed by atoms with Crippen LogP contribution in [0, 0.1) is 5.41 Å². The third kappa shape index (κ3) is 3.29. The molecule has 0 aliphatic carbocycles. The highest BCUT2D eigenvalue weighted by molar-refractivity contribution is 5.78. The Kier molecular flexibility index (Phi) is 2.91. The van der Waals surface area contributed by atoms with Gasteiger partial charge in [-0.3, -0.25) is 0 Å². The molecule has 0 aromatic carbocycles. The zero-order valence-electron chi connectivity index (χ0n) is 9.79. The second-order valence-electron chi connectivity index (χ2n) is 5.70. The van der Waals surface area contributed by atoms with Gasteiger partial charge in [0.2, 0.25) is 0 Å². The van der Waals surface area contributed by atoms with Crippen LogP contribution in [0.3, 0.4) is 0 Å². The Labute approximate surface area is 86.2 Å². The molecular formula is C11H21NO2. The van der Waals surface area contributed by atoms with E-state index >= 15 is 0 Å². The predicted molar refractivity (Wildman–Crippen MR) is 57.5 cm³/mol. The second-order valence-corrected chi connectivity index (χ2v) is 5.70. The van der Waals surface area contributed by atoms with Gasteiger partial charge in [0.15, 0.2) is 5.90 Å². The molecule has 1 heterocycles. The van der Waals surface area contributed by atoms with Crippen LogP contribution >= 0.6 is 0 Å². The van der Waals surface area contributed by atoms with Crippen molar-refractivity contribution >= 4 is 5.90 Å². The van der Waals surface area contributed by atoms with E-state index in [4.69, 9.17) is 4.74 Å². The molecule has 0 radical (unpaired) electrons. The zero-order chi connectivity index (χ0) is 11.0. The summed E-state index contributed by atoms with van der Waals surface area (Å²) in [7, 11) is 0. The van der Waals surface area contributed by atoms with Crippen molar-refractivity contribution in [2.75, 3.05) is 6.61 Å². The highest BCUT2D eigenvalue weighted by Gasteiger charge is 2.31. The van der Waals surface area contributed by atoms with Crippen LogP contribution in [0.4, 0.5) is 0 Å². The van der Waals surface area contributed by atoms with Gasteiger partial charge in [-0.05, 0) is 19.3 Å². The van der Waals surface area contributed by atoms with E-state index in [1.165, 1.54) is 0 Å². The average molecular weight is 199 g/mol. The number of ether oxygens (including phenoxy) is 1. The van der Waals surface area contributed by atoms with E-state index in [2.05, 4.69) is 25.8 Å². The molecule has 1 aliphatic heterocycles. The topological polar surface area (TPSA) is 41.8 Å². The van der Waals surface area contributed by atoms with Crippen LogP contribution in [0.15, 0.2) is 4.99 Å². The molecule has 1 rings (SSSR count). The largest absolute Gasteiger partial charge is 0.479 e. The summed E-state index contributed by atoms with van der Waals surface area (Å²) in [6.07, 6.45) is 0.500. The molecular weight excluding hydrogens is 178 g/mol. The molecule has 1 N–H and O–H groups in total. The van der Waals surface area contributed by atoms with Gasteiger partial charge < -0.3 is 9.84 Å². The van der Waals surface area contributed by atoms with Gasteiger partial charge in [-0.1, -0.05) is 20.8 Å². The Balaban J connectivity index is 2.60. The number of aliphatic imine (C=N–C) groups is 1. The maximum atomic E-state index is 9.61. The summed E-state index contributed by atoms with van der Waals surface area (Å²) in [5, 5.41) is 9.61. The summed E-state index contributed by atoms with van der Waals surface area (Å²) in [6.45, 7) is 10.6.